The van der Waals surface area contributed by atoms with Gasteiger partial charge in [-0.3, -0.25) is 4.79 Å². The minimum atomic E-state index is -0.447. The van der Waals surface area contributed by atoms with Crippen LogP contribution in [0.25, 0.3) is 0 Å². The number of cyclic esters (lactones) is 1. The van der Waals surface area contributed by atoms with E-state index < -0.39 is 5.97 Å². The summed E-state index contributed by atoms with van der Waals surface area (Å²) >= 11 is 5.91. The van der Waals surface area contributed by atoms with Crippen molar-refractivity contribution < 1.29 is 9.53 Å². The van der Waals surface area contributed by atoms with Crippen LogP contribution in [0.2, 0.25) is 5.02 Å². The minimum Gasteiger partial charge on any atom is -0.402 e. The summed E-state index contributed by atoms with van der Waals surface area (Å²) in [7, 11) is 0. The highest BCUT2D eigenvalue weighted by Crippen LogP contribution is 2.35. The van der Waals surface area contributed by atoms with Crippen LogP contribution in [0.1, 0.15) is 23.6 Å². The monoisotopic (exact) mass is 395 g/mol. The fourth-order valence-electron chi connectivity index (χ4n) is 4.33. The summed E-state index contributed by atoms with van der Waals surface area (Å²) in [6, 6.07) is 12.5. The fourth-order valence-corrected chi connectivity index (χ4v) is 4.45. The number of pyridine rings is 1. The van der Waals surface area contributed by atoms with E-state index in [4.69, 9.17) is 16.3 Å². The van der Waals surface area contributed by atoms with Gasteiger partial charge in [-0.2, -0.15) is 0 Å². The maximum atomic E-state index is 12.3. The highest BCUT2D eigenvalue weighted by Gasteiger charge is 2.34. The Hall–Kier alpha value is -2.86. The summed E-state index contributed by atoms with van der Waals surface area (Å²) in [6.07, 6.45) is 2.86. The molecule has 28 heavy (non-hydrogen) atoms. The molecule has 1 fully saturated rings. The molecule has 7 heteroatoms. The number of esters is 1. The average Bonchev–Trinajstić information content (AvgIpc) is 3.04. The predicted molar refractivity (Wildman–Crippen MR) is 105 cm³/mol. The number of fused-ring (bicyclic) bond motifs is 4. The molecule has 1 saturated heterocycles. The standard InChI is InChI=1S/C21H18ClN3O3/c22-16-6-4-14(5-7-16)20-23-17(21(27)28-20)12-24-9-13-8-15(11-24)18-2-1-3-19(26)25(18)10-13/h1-7,12-13,15H,8-11H2/b17-12-. The summed E-state index contributed by atoms with van der Waals surface area (Å²) in [6.45, 7) is 2.26. The Labute approximate surface area is 166 Å². The normalized spacial score (nSPS) is 24.8. The minimum absolute atomic E-state index is 0.0654. The van der Waals surface area contributed by atoms with Gasteiger partial charge in [0, 0.05) is 54.1 Å². The zero-order valence-electron chi connectivity index (χ0n) is 15.0. The third-order valence-electron chi connectivity index (χ3n) is 5.52. The van der Waals surface area contributed by atoms with Crippen molar-refractivity contribution in [1.82, 2.24) is 9.47 Å². The van der Waals surface area contributed by atoms with Crippen molar-refractivity contribution >= 4 is 23.5 Å². The number of benzene rings is 1. The van der Waals surface area contributed by atoms with E-state index in [0.717, 1.165) is 31.7 Å². The summed E-state index contributed by atoms with van der Waals surface area (Å²) in [5, 5.41) is 0.615. The molecule has 2 bridgehead atoms. The van der Waals surface area contributed by atoms with E-state index in [9.17, 15) is 9.59 Å². The van der Waals surface area contributed by atoms with Gasteiger partial charge < -0.3 is 14.2 Å². The molecule has 3 aliphatic rings. The molecule has 5 rings (SSSR count). The molecule has 2 unspecified atom stereocenters. The Morgan fingerprint density at radius 2 is 1.89 bits per heavy atom. The van der Waals surface area contributed by atoms with Gasteiger partial charge in [0.15, 0.2) is 5.70 Å². The lowest BCUT2D eigenvalue weighted by atomic mass is 9.83. The number of aliphatic imine (C=N–C) groups is 1. The quantitative estimate of drug-likeness (QED) is 0.579. The van der Waals surface area contributed by atoms with Gasteiger partial charge in [0.1, 0.15) is 0 Å². The Morgan fingerprint density at radius 1 is 1.07 bits per heavy atom. The van der Waals surface area contributed by atoms with E-state index in [2.05, 4.69) is 9.89 Å². The van der Waals surface area contributed by atoms with Gasteiger partial charge in [0.2, 0.25) is 5.90 Å². The first-order chi connectivity index (χ1) is 13.6. The van der Waals surface area contributed by atoms with Crippen molar-refractivity contribution in [1.29, 1.82) is 0 Å². The summed E-state index contributed by atoms with van der Waals surface area (Å²) in [5.41, 5.74) is 2.15. The van der Waals surface area contributed by atoms with Crippen molar-refractivity contribution in [3.63, 3.8) is 0 Å². The van der Waals surface area contributed by atoms with E-state index in [1.807, 2.05) is 16.7 Å². The lowest BCUT2D eigenvalue weighted by Crippen LogP contribution is -2.45. The van der Waals surface area contributed by atoms with Crippen LogP contribution < -0.4 is 5.56 Å². The fraction of sp³-hybridized carbons (Fsp3) is 0.286. The largest absolute Gasteiger partial charge is 0.402 e. The van der Waals surface area contributed by atoms with Gasteiger partial charge >= 0.3 is 5.97 Å². The van der Waals surface area contributed by atoms with E-state index in [-0.39, 0.29) is 11.5 Å². The van der Waals surface area contributed by atoms with Crippen molar-refractivity contribution in [2.75, 3.05) is 13.1 Å². The van der Waals surface area contributed by atoms with Gasteiger partial charge in [0.25, 0.3) is 5.56 Å². The third kappa shape index (κ3) is 3.03. The molecule has 0 saturated carbocycles. The van der Waals surface area contributed by atoms with Gasteiger partial charge in [0.05, 0.1) is 0 Å². The summed E-state index contributed by atoms with van der Waals surface area (Å²) in [4.78, 5) is 30.9. The second-order valence-electron chi connectivity index (χ2n) is 7.48. The number of carbonyl (C=O) groups is 1. The number of aromatic nitrogens is 1. The third-order valence-corrected chi connectivity index (χ3v) is 5.78. The first-order valence-electron chi connectivity index (χ1n) is 9.29. The summed E-state index contributed by atoms with van der Waals surface area (Å²) in [5.74, 6) is 0.495. The predicted octanol–water partition coefficient (Wildman–Crippen LogP) is 2.77. The molecule has 0 amide bonds. The van der Waals surface area contributed by atoms with Crippen LogP contribution >= 0.6 is 11.6 Å². The van der Waals surface area contributed by atoms with E-state index >= 15 is 0 Å². The lowest BCUT2D eigenvalue weighted by Gasteiger charge is -2.42. The van der Waals surface area contributed by atoms with Crippen LogP contribution in [0.4, 0.5) is 0 Å². The van der Waals surface area contributed by atoms with Gasteiger partial charge in [-0.15, -0.1) is 0 Å². The Bertz CT molecular complexity index is 1070. The topological polar surface area (TPSA) is 63.9 Å². The molecular formula is C21H18ClN3O3. The molecule has 2 aromatic rings. The number of likely N-dealkylation sites (tertiary alicyclic amines) is 1. The van der Waals surface area contributed by atoms with Crippen molar-refractivity contribution in [2.45, 2.75) is 18.9 Å². The molecule has 142 valence electrons. The van der Waals surface area contributed by atoms with Gasteiger partial charge in [-0.05, 0) is 42.7 Å². The second kappa shape index (κ2) is 6.63. The van der Waals surface area contributed by atoms with E-state index in [1.165, 1.54) is 0 Å². The molecule has 0 spiro atoms. The number of nitrogens with zero attached hydrogens (tertiary/aromatic N) is 3. The van der Waals surface area contributed by atoms with Crippen molar-refractivity contribution in [3.8, 4) is 0 Å². The zero-order chi connectivity index (χ0) is 19.3. The Kier molecular flexibility index (Phi) is 4.09. The zero-order valence-corrected chi connectivity index (χ0v) is 15.8. The smallest absolute Gasteiger partial charge is 0.365 e. The number of piperidine rings is 1. The molecule has 1 aromatic heterocycles. The molecule has 1 aromatic carbocycles. The first kappa shape index (κ1) is 17.3. The van der Waals surface area contributed by atoms with Crippen LogP contribution in [0.5, 0.6) is 0 Å². The first-order valence-corrected chi connectivity index (χ1v) is 9.67. The maximum absolute atomic E-state index is 12.3. The SMILES string of the molecule is O=C1OC(c2ccc(Cl)cc2)=N/C1=C\N1CC2CC(C1)c1cccc(=O)n1C2. The molecule has 0 aliphatic carbocycles. The number of halogens is 1. The molecule has 0 N–H and O–H groups in total. The van der Waals surface area contributed by atoms with Crippen LogP contribution in [0, 0.1) is 5.92 Å². The number of ether oxygens (including phenoxy) is 1. The van der Waals surface area contributed by atoms with Crippen molar-refractivity contribution in [3.05, 3.63) is 81.0 Å². The molecular weight excluding hydrogens is 378 g/mol. The van der Waals surface area contributed by atoms with E-state index in [0.29, 0.717) is 28.1 Å². The van der Waals surface area contributed by atoms with Crippen LogP contribution in [-0.4, -0.2) is 34.4 Å². The van der Waals surface area contributed by atoms with Gasteiger partial charge in [-0.1, -0.05) is 17.7 Å². The summed E-state index contributed by atoms with van der Waals surface area (Å²) < 4.78 is 7.23. The lowest BCUT2D eigenvalue weighted by molar-refractivity contribution is -0.130. The van der Waals surface area contributed by atoms with Gasteiger partial charge in [-0.25, -0.2) is 9.79 Å². The number of hydrogen-bond donors (Lipinski definition) is 0. The molecule has 6 nitrogen and oxygen atoms in total. The average molecular weight is 396 g/mol. The highest BCUT2D eigenvalue weighted by atomic mass is 35.5. The van der Waals surface area contributed by atoms with Crippen LogP contribution in [0.3, 0.4) is 0 Å². The molecule has 0 radical (unpaired) electrons. The van der Waals surface area contributed by atoms with Crippen molar-refractivity contribution in [2.24, 2.45) is 10.9 Å². The maximum Gasteiger partial charge on any atom is 0.365 e. The molecule has 2 atom stereocenters. The van der Waals surface area contributed by atoms with Crippen LogP contribution in [-0.2, 0) is 16.1 Å². The highest BCUT2D eigenvalue weighted by molar-refractivity contribution is 6.30. The second-order valence-corrected chi connectivity index (χ2v) is 7.92. The Morgan fingerprint density at radius 3 is 2.71 bits per heavy atom. The molecule has 4 heterocycles. The number of rotatable bonds is 2. The van der Waals surface area contributed by atoms with Crippen LogP contribution in [0.15, 0.2) is 64.1 Å². The molecule has 3 aliphatic heterocycles. The number of hydrogen-bond acceptors (Lipinski definition) is 5. The Balaban J connectivity index is 1.40. The van der Waals surface area contributed by atoms with E-state index in [1.54, 1.807) is 36.5 Å². The number of carbonyl (C=O) groups excluding carboxylic acids is 1.